The molecule has 1 unspecified atom stereocenters. The summed E-state index contributed by atoms with van der Waals surface area (Å²) in [4.78, 5) is 27.3. The number of hydrogen-bond donors (Lipinski definition) is 0. The van der Waals surface area contributed by atoms with Crippen molar-refractivity contribution in [2.24, 2.45) is 0 Å². The Labute approximate surface area is 189 Å². The summed E-state index contributed by atoms with van der Waals surface area (Å²) in [7, 11) is -2.48. The van der Waals surface area contributed by atoms with E-state index in [-0.39, 0.29) is 5.91 Å². The molecule has 8 heteroatoms. The van der Waals surface area contributed by atoms with Gasteiger partial charge in [0.1, 0.15) is 6.04 Å². The summed E-state index contributed by atoms with van der Waals surface area (Å²) in [6.45, 7) is 6.33. The van der Waals surface area contributed by atoms with Gasteiger partial charge in [-0.05, 0) is 74.9 Å². The Bertz CT molecular complexity index is 1180. The van der Waals surface area contributed by atoms with Gasteiger partial charge in [0, 0.05) is 18.8 Å². The third kappa shape index (κ3) is 3.71. The fourth-order valence-electron chi connectivity index (χ4n) is 5.02. The zero-order valence-corrected chi connectivity index (χ0v) is 19.7. The van der Waals surface area contributed by atoms with Gasteiger partial charge >= 0.3 is 5.97 Å². The second kappa shape index (κ2) is 8.33. The molecule has 2 aliphatic rings. The molecule has 7 nitrogen and oxygen atoms in total. The highest BCUT2D eigenvalue weighted by Crippen LogP contribution is 2.35. The first-order chi connectivity index (χ1) is 15.1. The van der Waals surface area contributed by atoms with Crippen molar-refractivity contribution in [1.82, 2.24) is 4.31 Å². The maximum Gasteiger partial charge on any atom is 0.337 e. The van der Waals surface area contributed by atoms with Gasteiger partial charge in [-0.1, -0.05) is 17.7 Å². The highest BCUT2D eigenvalue weighted by molar-refractivity contribution is 7.89. The van der Waals surface area contributed by atoms with Crippen molar-refractivity contribution in [3.05, 3.63) is 58.1 Å². The minimum atomic E-state index is -3.81. The number of aryl methyl sites for hydroxylation is 3. The molecule has 1 amide bonds. The second-order valence-electron chi connectivity index (χ2n) is 8.58. The summed E-state index contributed by atoms with van der Waals surface area (Å²) in [5.74, 6) is -0.632. The SMILES string of the molecule is COC(=O)c1ccc2c(c1)CCN2C(=O)C1CCCN1S(=O)(=O)c1c(C)cc(C)cc1C. The number of nitrogens with zero attached hydrogens (tertiary/aromatic N) is 2. The Morgan fingerprint density at radius 2 is 1.72 bits per heavy atom. The molecule has 0 spiro atoms. The van der Waals surface area contributed by atoms with Crippen LogP contribution >= 0.6 is 0 Å². The van der Waals surface area contributed by atoms with Crippen molar-refractivity contribution in [3.8, 4) is 0 Å². The fraction of sp³-hybridized carbons (Fsp3) is 0.417. The molecule has 2 aromatic rings. The molecule has 170 valence electrons. The normalized spacial score (nSPS) is 18.6. The first-order valence-corrected chi connectivity index (χ1v) is 12.2. The van der Waals surface area contributed by atoms with E-state index in [1.807, 2.05) is 19.1 Å². The van der Waals surface area contributed by atoms with Crippen LogP contribution in [0.5, 0.6) is 0 Å². The number of carbonyl (C=O) groups excluding carboxylic acids is 2. The van der Waals surface area contributed by atoms with E-state index in [0.29, 0.717) is 53.9 Å². The van der Waals surface area contributed by atoms with Crippen molar-refractivity contribution in [3.63, 3.8) is 0 Å². The standard InChI is InChI=1S/C24H28N2O5S/c1-15-12-16(2)22(17(3)13-15)32(29,30)26-10-5-6-21(26)23(27)25-11-9-18-14-19(24(28)31-4)7-8-20(18)25/h7-8,12-14,21H,5-6,9-11H2,1-4H3. The minimum absolute atomic E-state index is 0.210. The number of fused-ring (bicyclic) bond motifs is 1. The van der Waals surface area contributed by atoms with Crippen molar-refractivity contribution in [2.75, 3.05) is 25.1 Å². The summed E-state index contributed by atoms with van der Waals surface area (Å²) >= 11 is 0. The molecule has 0 bridgehead atoms. The summed E-state index contributed by atoms with van der Waals surface area (Å²) < 4.78 is 33.4. The number of hydrogen-bond acceptors (Lipinski definition) is 5. The van der Waals surface area contributed by atoms with Crippen LogP contribution in [0.4, 0.5) is 5.69 Å². The monoisotopic (exact) mass is 456 g/mol. The third-order valence-corrected chi connectivity index (χ3v) is 8.54. The van der Waals surface area contributed by atoms with E-state index in [9.17, 15) is 18.0 Å². The van der Waals surface area contributed by atoms with Gasteiger partial charge in [0.15, 0.2) is 0 Å². The molecular formula is C24H28N2O5S. The van der Waals surface area contributed by atoms with Crippen LogP contribution in [0, 0.1) is 20.8 Å². The van der Waals surface area contributed by atoms with Gasteiger partial charge in [0.05, 0.1) is 17.6 Å². The van der Waals surface area contributed by atoms with Gasteiger partial charge in [0.25, 0.3) is 0 Å². The van der Waals surface area contributed by atoms with Gasteiger partial charge in [-0.3, -0.25) is 4.79 Å². The summed E-state index contributed by atoms with van der Waals surface area (Å²) in [5.41, 5.74) is 4.46. The van der Waals surface area contributed by atoms with Gasteiger partial charge in [0.2, 0.25) is 15.9 Å². The molecule has 2 heterocycles. The topological polar surface area (TPSA) is 84.0 Å². The quantitative estimate of drug-likeness (QED) is 0.660. The van der Waals surface area contributed by atoms with Gasteiger partial charge in [-0.15, -0.1) is 0 Å². The molecule has 0 radical (unpaired) electrons. The maximum atomic E-state index is 13.6. The largest absolute Gasteiger partial charge is 0.465 e. The van der Waals surface area contributed by atoms with E-state index in [4.69, 9.17) is 4.74 Å². The third-order valence-electron chi connectivity index (χ3n) is 6.32. The number of ether oxygens (including phenoxy) is 1. The predicted molar refractivity (Wildman–Crippen MR) is 121 cm³/mol. The van der Waals surface area contributed by atoms with Crippen LogP contribution in [-0.2, 0) is 26.0 Å². The van der Waals surface area contributed by atoms with Crippen LogP contribution in [-0.4, -0.2) is 50.8 Å². The summed E-state index contributed by atoms with van der Waals surface area (Å²) in [5, 5.41) is 0. The lowest BCUT2D eigenvalue weighted by Crippen LogP contribution is -2.47. The van der Waals surface area contributed by atoms with Crippen molar-refractivity contribution in [1.29, 1.82) is 0 Å². The van der Waals surface area contributed by atoms with E-state index < -0.39 is 22.0 Å². The average molecular weight is 457 g/mol. The highest BCUT2D eigenvalue weighted by Gasteiger charge is 2.43. The first-order valence-electron chi connectivity index (χ1n) is 10.8. The lowest BCUT2D eigenvalue weighted by molar-refractivity contribution is -0.121. The van der Waals surface area contributed by atoms with Crippen LogP contribution < -0.4 is 4.90 Å². The highest BCUT2D eigenvalue weighted by atomic mass is 32.2. The van der Waals surface area contributed by atoms with Crippen molar-refractivity contribution >= 4 is 27.6 Å². The van der Waals surface area contributed by atoms with E-state index in [0.717, 1.165) is 16.8 Å². The van der Waals surface area contributed by atoms with Gasteiger partial charge in [-0.25, -0.2) is 13.2 Å². The van der Waals surface area contributed by atoms with Crippen molar-refractivity contribution in [2.45, 2.75) is 51.0 Å². The Hall–Kier alpha value is -2.71. The smallest absolute Gasteiger partial charge is 0.337 e. The number of rotatable bonds is 4. The molecule has 1 fully saturated rings. The number of sulfonamides is 1. The predicted octanol–water partition coefficient (Wildman–Crippen LogP) is 3.14. The Balaban J connectivity index is 1.64. The molecule has 0 N–H and O–H groups in total. The first kappa shape index (κ1) is 22.5. The zero-order chi connectivity index (χ0) is 23.2. The average Bonchev–Trinajstić information content (AvgIpc) is 3.39. The molecule has 0 aromatic heterocycles. The summed E-state index contributed by atoms with van der Waals surface area (Å²) in [6.07, 6.45) is 1.75. The molecule has 1 atom stereocenters. The van der Waals surface area contributed by atoms with Crippen LogP contribution in [0.15, 0.2) is 35.2 Å². The van der Waals surface area contributed by atoms with E-state index in [1.165, 1.54) is 11.4 Å². The number of anilines is 1. The molecule has 1 saturated heterocycles. The second-order valence-corrected chi connectivity index (χ2v) is 10.4. The van der Waals surface area contributed by atoms with Crippen LogP contribution in [0.25, 0.3) is 0 Å². The number of methoxy groups -OCH3 is 1. The lowest BCUT2D eigenvalue weighted by Gasteiger charge is -2.28. The van der Waals surface area contributed by atoms with E-state index in [2.05, 4.69) is 0 Å². The number of carbonyl (C=O) groups is 2. The van der Waals surface area contributed by atoms with Gasteiger partial charge < -0.3 is 9.64 Å². The number of amides is 1. The summed E-state index contributed by atoms with van der Waals surface area (Å²) in [6, 6.07) is 8.13. The van der Waals surface area contributed by atoms with Crippen LogP contribution in [0.3, 0.4) is 0 Å². The Morgan fingerprint density at radius 3 is 2.38 bits per heavy atom. The molecule has 4 rings (SSSR count). The molecule has 0 aliphatic carbocycles. The lowest BCUT2D eigenvalue weighted by atomic mass is 10.1. The minimum Gasteiger partial charge on any atom is -0.465 e. The zero-order valence-electron chi connectivity index (χ0n) is 18.8. The number of esters is 1. The molecular weight excluding hydrogens is 428 g/mol. The molecule has 2 aromatic carbocycles. The molecule has 2 aliphatic heterocycles. The van der Waals surface area contributed by atoms with Crippen LogP contribution in [0.2, 0.25) is 0 Å². The Kier molecular flexibility index (Phi) is 5.85. The van der Waals surface area contributed by atoms with Gasteiger partial charge in [-0.2, -0.15) is 4.31 Å². The number of benzene rings is 2. The van der Waals surface area contributed by atoms with E-state index >= 15 is 0 Å². The molecule has 0 saturated carbocycles. The molecule has 32 heavy (non-hydrogen) atoms. The van der Waals surface area contributed by atoms with Crippen molar-refractivity contribution < 1.29 is 22.7 Å². The fourth-order valence-corrected chi connectivity index (χ4v) is 7.09. The van der Waals surface area contributed by atoms with E-state index in [1.54, 1.807) is 36.9 Å². The Morgan fingerprint density at radius 1 is 1.03 bits per heavy atom. The van der Waals surface area contributed by atoms with Crippen LogP contribution in [0.1, 0.15) is 45.5 Å². The maximum absolute atomic E-state index is 13.6.